The average Bonchev–Trinajstić information content (AvgIpc) is 2.71. The molecule has 0 aliphatic rings. The first-order valence-electron chi connectivity index (χ1n) is 4.12. The number of imidazole rings is 1. The van der Waals surface area contributed by atoms with E-state index in [9.17, 15) is 0 Å². The summed E-state index contributed by atoms with van der Waals surface area (Å²) in [6, 6.07) is 0. The standard InChI is InChI=1S/C8H11N5/c9-2-1-7-3-10-6-13(7)8-4-11-12-5-8/h3-6H,1-2,9H2,(H,11,12). The summed E-state index contributed by atoms with van der Waals surface area (Å²) in [5.41, 5.74) is 7.57. The lowest BCUT2D eigenvalue weighted by atomic mass is 10.3. The minimum Gasteiger partial charge on any atom is -0.330 e. The Hall–Kier alpha value is -1.62. The zero-order chi connectivity index (χ0) is 9.10. The first-order chi connectivity index (χ1) is 6.42. The van der Waals surface area contributed by atoms with Crippen molar-refractivity contribution in [2.24, 2.45) is 5.73 Å². The fourth-order valence-electron chi connectivity index (χ4n) is 1.26. The van der Waals surface area contributed by atoms with Crippen LogP contribution in [0.15, 0.2) is 24.9 Å². The fraction of sp³-hybridized carbons (Fsp3) is 0.250. The second-order valence-electron chi connectivity index (χ2n) is 2.75. The van der Waals surface area contributed by atoms with Crippen molar-refractivity contribution < 1.29 is 0 Å². The van der Waals surface area contributed by atoms with Gasteiger partial charge in [-0.2, -0.15) is 5.10 Å². The van der Waals surface area contributed by atoms with Crippen molar-refractivity contribution in [2.75, 3.05) is 6.54 Å². The number of aromatic amines is 1. The molecule has 2 rings (SSSR count). The molecule has 0 amide bonds. The van der Waals surface area contributed by atoms with Gasteiger partial charge in [0.05, 0.1) is 18.2 Å². The Balaban J connectivity index is 2.35. The Labute approximate surface area is 75.6 Å². The van der Waals surface area contributed by atoms with Crippen LogP contribution in [-0.4, -0.2) is 26.3 Å². The van der Waals surface area contributed by atoms with E-state index in [1.165, 1.54) is 0 Å². The highest BCUT2D eigenvalue weighted by Crippen LogP contribution is 2.08. The molecule has 0 aliphatic heterocycles. The van der Waals surface area contributed by atoms with E-state index in [1.807, 2.05) is 17.0 Å². The third-order valence-electron chi connectivity index (χ3n) is 1.88. The lowest BCUT2D eigenvalue weighted by molar-refractivity contribution is 0.874. The lowest BCUT2D eigenvalue weighted by Crippen LogP contribution is -2.06. The summed E-state index contributed by atoms with van der Waals surface area (Å²) in [6.45, 7) is 0.629. The largest absolute Gasteiger partial charge is 0.330 e. The number of rotatable bonds is 3. The Bertz CT molecular complexity index is 362. The molecule has 0 bridgehead atoms. The molecule has 5 nitrogen and oxygen atoms in total. The first kappa shape index (κ1) is 8.00. The van der Waals surface area contributed by atoms with E-state index in [0.29, 0.717) is 6.54 Å². The van der Waals surface area contributed by atoms with E-state index < -0.39 is 0 Å². The summed E-state index contributed by atoms with van der Waals surface area (Å²) in [7, 11) is 0. The van der Waals surface area contributed by atoms with E-state index in [2.05, 4.69) is 15.2 Å². The van der Waals surface area contributed by atoms with Crippen molar-refractivity contribution in [3.05, 3.63) is 30.6 Å². The number of aromatic nitrogens is 4. The van der Waals surface area contributed by atoms with Crippen LogP contribution in [-0.2, 0) is 6.42 Å². The molecule has 0 radical (unpaired) electrons. The number of nitrogens with zero attached hydrogens (tertiary/aromatic N) is 3. The van der Waals surface area contributed by atoms with Gasteiger partial charge < -0.3 is 10.3 Å². The molecule has 0 aromatic carbocycles. The van der Waals surface area contributed by atoms with Crippen LogP contribution in [0.4, 0.5) is 0 Å². The van der Waals surface area contributed by atoms with Crippen molar-refractivity contribution in [1.29, 1.82) is 0 Å². The molecule has 2 heterocycles. The molecule has 0 unspecified atom stereocenters. The summed E-state index contributed by atoms with van der Waals surface area (Å²) in [4.78, 5) is 4.06. The third kappa shape index (κ3) is 1.46. The average molecular weight is 177 g/mol. The number of nitrogens with one attached hydrogen (secondary N) is 1. The predicted octanol–water partition coefficient (Wildman–Crippen LogP) is 0.0966. The van der Waals surface area contributed by atoms with Crippen LogP contribution in [0.5, 0.6) is 0 Å². The Morgan fingerprint density at radius 1 is 1.46 bits per heavy atom. The zero-order valence-electron chi connectivity index (χ0n) is 7.14. The molecule has 0 saturated heterocycles. The van der Waals surface area contributed by atoms with Gasteiger partial charge in [-0.3, -0.25) is 5.10 Å². The lowest BCUT2D eigenvalue weighted by Gasteiger charge is -2.02. The molecular formula is C8H11N5. The molecule has 0 spiro atoms. The summed E-state index contributed by atoms with van der Waals surface area (Å²) in [5, 5.41) is 6.63. The predicted molar refractivity (Wildman–Crippen MR) is 48.5 cm³/mol. The zero-order valence-corrected chi connectivity index (χ0v) is 7.14. The normalized spacial score (nSPS) is 10.5. The Kier molecular flexibility index (Phi) is 2.09. The van der Waals surface area contributed by atoms with Crippen molar-refractivity contribution in [3.63, 3.8) is 0 Å². The van der Waals surface area contributed by atoms with Gasteiger partial charge in [0.15, 0.2) is 0 Å². The summed E-state index contributed by atoms with van der Waals surface area (Å²) in [6.07, 6.45) is 7.98. The van der Waals surface area contributed by atoms with Crippen LogP contribution in [0.25, 0.3) is 5.69 Å². The second kappa shape index (κ2) is 3.40. The van der Waals surface area contributed by atoms with Gasteiger partial charge in [-0.15, -0.1) is 0 Å². The quantitative estimate of drug-likeness (QED) is 0.698. The molecule has 2 aromatic heterocycles. The van der Waals surface area contributed by atoms with E-state index in [1.54, 1.807) is 12.5 Å². The van der Waals surface area contributed by atoms with Crippen LogP contribution in [0.1, 0.15) is 5.69 Å². The molecule has 0 saturated carbocycles. The Morgan fingerprint density at radius 2 is 2.38 bits per heavy atom. The minimum absolute atomic E-state index is 0.629. The van der Waals surface area contributed by atoms with Crippen LogP contribution < -0.4 is 5.73 Å². The summed E-state index contributed by atoms with van der Waals surface area (Å²) >= 11 is 0. The van der Waals surface area contributed by atoms with Crippen molar-refractivity contribution in [1.82, 2.24) is 19.7 Å². The fourth-order valence-corrected chi connectivity index (χ4v) is 1.26. The van der Waals surface area contributed by atoms with Crippen LogP contribution in [0, 0.1) is 0 Å². The molecule has 13 heavy (non-hydrogen) atoms. The van der Waals surface area contributed by atoms with E-state index >= 15 is 0 Å². The maximum absolute atomic E-state index is 5.48. The molecular weight excluding hydrogens is 166 g/mol. The Morgan fingerprint density at radius 3 is 3.08 bits per heavy atom. The van der Waals surface area contributed by atoms with E-state index in [-0.39, 0.29) is 0 Å². The van der Waals surface area contributed by atoms with Crippen molar-refractivity contribution >= 4 is 0 Å². The van der Waals surface area contributed by atoms with E-state index in [4.69, 9.17) is 5.73 Å². The van der Waals surface area contributed by atoms with Gasteiger partial charge in [-0.05, 0) is 6.54 Å². The van der Waals surface area contributed by atoms with Gasteiger partial charge in [-0.1, -0.05) is 0 Å². The van der Waals surface area contributed by atoms with Gasteiger partial charge in [-0.25, -0.2) is 4.98 Å². The number of H-pyrrole nitrogens is 1. The van der Waals surface area contributed by atoms with Crippen LogP contribution in [0.3, 0.4) is 0 Å². The van der Waals surface area contributed by atoms with Gasteiger partial charge in [0, 0.05) is 24.5 Å². The molecule has 5 heteroatoms. The number of hydrogen-bond acceptors (Lipinski definition) is 3. The van der Waals surface area contributed by atoms with Gasteiger partial charge >= 0.3 is 0 Å². The maximum atomic E-state index is 5.48. The molecule has 0 fully saturated rings. The van der Waals surface area contributed by atoms with Gasteiger partial charge in [0.25, 0.3) is 0 Å². The highest BCUT2D eigenvalue weighted by atomic mass is 15.1. The topological polar surface area (TPSA) is 72.5 Å². The van der Waals surface area contributed by atoms with Gasteiger partial charge in [0.1, 0.15) is 0 Å². The summed E-state index contributed by atoms with van der Waals surface area (Å²) < 4.78 is 1.97. The molecule has 2 aromatic rings. The highest BCUT2D eigenvalue weighted by molar-refractivity contribution is 5.27. The SMILES string of the molecule is NCCc1cncn1-c1cn[nH]c1. The number of nitrogens with two attached hydrogens (primary N) is 1. The highest BCUT2D eigenvalue weighted by Gasteiger charge is 2.03. The van der Waals surface area contributed by atoms with Crippen LogP contribution >= 0.6 is 0 Å². The van der Waals surface area contributed by atoms with Gasteiger partial charge in [0.2, 0.25) is 0 Å². The molecule has 0 atom stereocenters. The minimum atomic E-state index is 0.629. The van der Waals surface area contributed by atoms with Crippen molar-refractivity contribution in [3.8, 4) is 5.69 Å². The van der Waals surface area contributed by atoms with E-state index in [0.717, 1.165) is 17.8 Å². The molecule has 0 aliphatic carbocycles. The third-order valence-corrected chi connectivity index (χ3v) is 1.88. The van der Waals surface area contributed by atoms with Crippen molar-refractivity contribution in [2.45, 2.75) is 6.42 Å². The number of hydrogen-bond donors (Lipinski definition) is 2. The monoisotopic (exact) mass is 177 g/mol. The molecule has 3 N–H and O–H groups in total. The smallest absolute Gasteiger partial charge is 0.0995 e. The summed E-state index contributed by atoms with van der Waals surface area (Å²) in [5.74, 6) is 0. The first-order valence-corrected chi connectivity index (χ1v) is 4.12. The second-order valence-corrected chi connectivity index (χ2v) is 2.75. The maximum Gasteiger partial charge on any atom is 0.0995 e. The molecule has 68 valence electrons. The van der Waals surface area contributed by atoms with Crippen LogP contribution in [0.2, 0.25) is 0 Å².